The number of methoxy groups -OCH3 is 1. The van der Waals surface area contributed by atoms with Crippen molar-refractivity contribution in [2.75, 3.05) is 19.0 Å². The van der Waals surface area contributed by atoms with E-state index < -0.39 is 0 Å². The van der Waals surface area contributed by atoms with Gasteiger partial charge in [0.05, 0.1) is 18.3 Å². The van der Waals surface area contributed by atoms with Crippen molar-refractivity contribution in [1.29, 1.82) is 0 Å². The van der Waals surface area contributed by atoms with Gasteiger partial charge in [-0.05, 0) is 11.5 Å². The first-order valence-electron chi connectivity index (χ1n) is 7.61. The Labute approximate surface area is 135 Å². The van der Waals surface area contributed by atoms with Crippen molar-refractivity contribution >= 4 is 11.8 Å². The third-order valence-electron chi connectivity index (χ3n) is 4.01. The maximum Gasteiger partial charge on any atom is 0.323 e. The fraction of sp³-hybridized carbons (Fsp3) is 0.353. The second kappa shape index (κ2) is 6.75. The van der Waals surface area contributed by atoms with E-state index in [0.717, 1.165) is 17.8 Å². The SMILES string of the molecule is COCc1cc(NC(=O)N2C[C@H](C)[C@@H]2c2ccccc2)ncn1. The number of benzene rings is 1. The Morgan fingerprint density at radius 2 is 2.13 bits per heavy atom. The summed E-state index contributed by atoms with van der Waals surface area (Å²) in [5.41, 5.74) is 1.89. The van der Waals surface area contributed by atoms with E-state index in [0.29, 0.717) is 18.3 Å². The van der Waals surface area contributed by atoms with Crippen molar-refractivity contribution in [2.24, 2.45) is 5.92 Å². The molecule has 0 spiro atoms. The van der Waals surface area contributed by atoms with Gasteiger partial charge in [0.1, 0.15) is 12.1 Å². The van der Waals surface area contributed by atoms with Crippen LogP contribution >= 0.6 is 0 Å². The number of anilines is 1. The lowest BCUT2D eigenvalue weighted by Gasteiger charge is -2.46. The van der Waals surface area contributed by atoms with Gasteiger partial charge in [0.25, 0.3) is 0 Å². The van der Waals surface area contributed by atoms with Crippen molar-refractivity contribution in [3.05, 3.63) is 54.0 Å². The van der Waals surface area contributed by atoms with Gasteiger partial charge >= 0.3 is 6.03 Å². The first-order valence-corrected chi connectivity index (χ1v) is 7.61. The molecule has 3 rings (SSSR count). The third kappa shape index (κ3) is 3.32. The van der Waals surface area contributed by atoms with Crippen LogP contribution in [0.2, 0.25) is 0 Å². The van der Waals surface area contributed by atoms with Crippen molar-refractivity contribution in [1.82, 2.24) is 14.9 Å². The summed E-state index contributed by atoms with van der Waals surface area (Å²) in [4.78, 5) is 22.5. The zero-order chi connectivity index (χ0) is 16.2. The lowest BCUT2D eigenvalue weighted by molar-refractivity contribution is 0.0670. The first kappa shape index (κ1) is 15.4. The van der Waals surface area contributed by atoms with Crippen LogP contribution in [0.5, 0.6) is 0 Å². The minimum atomic E-state index is -0.140. The van der Waals surface area contributed by atoms with E-state index in [4.69, 9.17) is 4.74 Å². The van der Waals surface area contributed by atoms with Crippen LogP contribution in [-0.4, -0.2) is 34.6 Å². The van der Waals surface area contributed by atoms with Crippen LogP contribution < -0.4 is 5.32 Å². The number of ether oxygens (including phenoxy) is 1. The molecule has 2 heterocycles. The maximum atomic E-state index is 12.5. The second-order valence-electron chi connectivity index (χ2n) is 5.74. The van der Waals surface area contributed by atoms with Gasteiger partial charge in [-0.25, -0.2) is 14.8 Å². The number of likely N-dealkylation sites (tertiary alicyclic amines) is 1. The standard InChI is InChI=1S/C17H20N4O2/c1-12-9-21(16(12)13-6-4-3-5-7-13)17(22)20-15-8-14(10-23-2)18-11-19-15/h3-8,11-12,16H,9-10H2,1-2H3,(H,18,19,20,22)/t12-,16+/m0/s1. The minimum Gasteiger partial charge on any atom is -0.378 e. The van der Waals surface area contributed by atoms with Gasteiger partial charge in [-0.1, -0.05) is 37.3 Å². The molecule has 0 unspecified atom stereocenters. The number of carbonyl (C=O) groups excluding carboxylic acids is 1. The number of carbonyl (C=O) groups is 1. The number of hydrogen-bond donors (Lipinski definition) is 1. The molecule has 1 aliphatic heterocycles. The molecule has 0 aliphatic carbocycles. The fourth-order valence-corrected chi connectivity index (χ4v) is 2.93. The van der Waals surface area contributed by atoms with Crippen LogP contribution in [0.4, 0.5) is 10.6 Å². The van der Waals surface area contributed by atoms with Crippen molar-refractivity contribution < 1.29 is 9.53 Å². The molecule has 1 N–H and O–H groups in total. The molecule has 2 atom stereocenters. The van der Waals surface area contributed by atoms with Gasteiger partial charge in [-0.2, -0.15) is 0 Å². The van der Waals surface area contributed by atoms with E-state index in [1.54, 1.807) is 13.2 Å². The molecule has 23 heavy (non-hydrogen) atoms. The zero-order valence-electron chi connectivity index (χ0n) is 13.3. The quantitative estimate of drug-likeness (QED) is 0.942. The summed E-state index contributed by atoms with van der Waals surface area (Å²) in [6, 6.07) is 11.8. The Morgan fingerprint density at radius 3 is 2.83 bits per heavy atom. The highest BCUT2D eigenvalue weighted by molar-refractivity contribution is 5.89. The van der Waals surface area contributed by atoms with Gasteiger partial charge in [-0.3, -0.25) is 5.32 Å². The average Bonchev–Trinajstić information content (AvgIpc) is 2.54. The molecule has 1 saturated heterocycles. The van der Waals surface area contributed by atoms with Crippen LogP contribution in [-0.2, 0) is 11.3 Å². The van der Waals surface area contributed by atoms with Crippen LogP contribution in [0, 0.1) is 5.92 Å². The van der Waals surface area contributed by atoms with Gasteiger partial charge in [0, 0.05) is 19.7 Å². The number of aromatic nitrogens is 2. The van der Waals surface area contributed by atoms with Gasteiger partial charge in [-0.15, -0.1) is 0 Å². The number of nitrogens with zero attached hydrogens (tertiary/aromatic N) is 3. The third-order valence-corrected chi connectivity index (χ3v) is 4.01. The molecule has 2 amide bonds. The molecule has 120 valence electrons. The van der Waals surface area contributed by atoms with Crippen LogP contribution in [0.3, 0.4) is 0 Å². The second-order valence-corrected chi connectivity index (χ2v) is 5.74. The normalized spacial score (nSPS) is 20.0. The Balaban J connectivity index is 1.70. The van der Waals surface area contributed by atoms with E-state index in [1.165, 1.54) is 6.33 Å². The molecule has 0 saturated carbocycles. The number of hydrogen-bond acceptors (Lipinski definition) is 4. The Hall–Kier alpha value is -2.47. The average molecular weight is 312 g/mol. The molecule has 1 aliphatic rings. The summed E-state index contributed by atoms with van der Waals surface area (Å²) in [6.45, 7) is 3.28. The summed E-state index contributed by atoms with van der Waals surface area (Å²) in [5.74, 6) is 0.931. The van der Waals surface area contributed by atoms with Crippen LogP contribution in [0.25, 0.3) is 0 Å². The summed E-state index contributed by atoms with van der Waals surface area (Å²) < 4.78 is 5.04. The Morgan fingerprint density at radius 1 is 1.35 bits per heavy atom. The largest absolute Gasteiger partial charge is 0.378 e. The monoisotopic (exact) mass is 312 g/mol. The molecule has 1 fully saturated rings. The van der Waals surface area contributed by atoms with E-state index in [1.807, 2.05) is 23.1 Å². The predicted molar refractivity (Wildman–Crippen MR) is 86.8 cm³/mol. The zero-order valence-corrected chi connectivity index (χ0v) is 13.3. The van der Waals surface area contributed by atoms with Crippen molar-refractivity contribution in [3.8, 4) is 0 Å². The lowest BCUT2D eigenvalue weighted by atomic mass is 9.85. The summed E-state index contributed by atoms with van der Waals surface area (Å²) in [5, 5.41) is 2.84. The summed E-state index contributed by atoms with van der Waals surface area (Å²) >= 11 is 0. The Bertz CT molecular complexity index is 677. The number of amides is 2. The lowest BCUT2D eigenvalue weighted by Crippen LogP contribution is -2.53. The summed E-state index contributed by atoms with van der Waals surface area (Å²) in [7, 11) is 1.60. The van der Waals surface area contributed by atoms with E-state index >= 15 is 0 Å². The molecule has 1 aromatic heterocycles. The molecule has 0 bridgehead atoms. The molecular weight excluding hydrogens is 292 g/mol. The molecular formula is C17H20N4O2. The molecule has 1 aromatic carbocycles. The minimum absolute atomic E-state index is 0.108. The van der Waals surface area contributed by atoms with E-state index in [9.17, 15) is 4.79 Å². The Kier molecular flexibility index (Phi) is 4.52. The van der Waals surface area contributed by atoms with Crippen LogP contribution in [0.15, 0.2) is 42.7 Å². The summed E-state index contributed by atoms with van der Waals surface area (Å²) in [6.07, 6.45) is 1.43. The van der Waals surface area contributed by atoms with E-state index in [-0.39, 0.29) is 12.1 Å². The topological polar surface area (TPSA) is 67.3 Å². The van der Waals surface area contributed by atoms with Crippen LogP contribution in [0.1, 0.15) is 24.2 Å². The van der Waals surface area contributed by atoms with Crippen molar-refractivity contribution in [3.63, 3.8) is 0 Å². The molecule has 2 aromatic rings. The highest BCUT2D eigenvalue weighted by atomic mass is 16.5. The first-order chi connectivity index (χ1) is 11.2. The molecule has 6 nitrogen and oxygen atoms in total. The highest BCUT2D eigenvalue weighted by Gasteiger charge is 2.40. The van der Waals surface area contributed by atoms with Gasteiger partial charge < -0.3 is 9.64 Å². The predicted octanol–water partition coefficient (Wildman–Crippen LogP) is 2.85. The van der Waals surface area contributed by atoms with Gasteiger partial charge in [0.15, 0.2) is 0 Å². The van der Waals surface area contributed by atoms with Crippen molar-refractivity contribution in [2.45, 2.75) is 19.6 Å². The van der Waals surface area contributed by atoms with Gasteiger partial charge in [0.2, 0.25) is 0 Å². The molecule has 0 radical (unpaired) electrons. The highest BCUT2D eigenvalue weighted by Crippen LogP contribution is 2.38. The fourth-order valence-electron chi connectivity index (χ4n) is 2.93. The van der Waals surface area contributed by atoms with E-state index in [2.05, 4.69) is 34.3 Å². The number of rotatable bonds is 4. The number of nitrogens with one attached hydrogen (secondary N) is 1. The smallest absolute Gasteiger partial charge is 0.323 e. The molecule has 6 heteroatoms. The maximum absolute atomic E-state index is 12.5. The number of urea groups is 1.